The van der Waals surface area contributed by atoms with Crippen LogP contribution in [0.2, 0.25) is 0 Å². The normalized spacial score (nSPS) is 18.0. The van der Waals surface area contributed by atoms with E-state index in [0.29, 0.717) is 17.1 Å². The van der Waals surface area contributed by atoms with Crippen LogP contribution in [-0.4, -0.2) is 62.5 Å². The zero-order valence-corrected chi connectivity index (χ0v) is 17.5. The molecule has 156 valence electrons. The Morgan fingerprint density at radius 3 is 2.45 bits per heavy atom. The van der Waals surface area contributed by atoms with Crippen molar-refractivity contribution in [1.82, 2.24) is 4.90 Å². The molecule has 0 aliphatic carbocycles. The first-order chi connectivity index (χ1) is 14.0. The molecule has 2 heterocycles. The van der Waals surface area contributed by atoms with Gasteiger partial charge in [0.05, 0.1) is 31.4 Å². The molecule has 0 unspecified atom stereocenters. The number of thioether (sulfide) groups is 1. The van der Waals surface area contributed by atoms with E-state index in [0.717, 1.165) is 48.3 Å². The second-order valence-electron chi connectivity index (χ2n) is 6.53. The highest BCUT2D eigenvalue weighted by Gasteiger charge is 2.37. The van der Waals surface area contributed by atoms with Crippen molar-refractivity contribution in [3.8, 4) is 11.5 Å². The van der Waals surface area contributed by atoms with Crippen molar-refractivity contribution in [3.63, 3.8) is 0 Å². The number of ether oxygens (including phenoxy) is 3. The Hall–Kier alpha value is -2.68. The number of benzene rings is 1. The Labute approximate surface area is 173 Å². The van der Waals surface area contributed by atoms with E-state index in [1.807, 2.05) is 6.07 Å². The van der Waals surface area contributed by atoms with Crippen LogP contribution in [0.1, 0.15) is 25.3 Å². The van der Waals surface area contributed by atoms with Gasteiger partial charge >= 0.3 is 5.97 Å². The third-order valence-corrected chi connectivity index (χ3v) is 5.64. The maximum absolute atomic E-state index is 12.6. The molecule has 8 nitrogen and oxygen atoms in total. The maximum atomic E-state index is 12.6. The van der Waals surface area contributed by atoms with Crippen LogP contribution in [0.15, 0.2) is 17.0 Å². The summed E-state index contributed by atoms with van der Waals surface area (Å²) < 4.78 is 15.9. The molecule has 1 aromatic carbocycles. The molecule has 0 N–H and O–H groups in total. The average Bonchev–Trinajstić information content (AvgIpc) is 3.32. The first kappa shape index (κ1) is 21.0. The molecule has 2 aliphatic rings. The SMILES string of the molecule is CCOC(=O)CN1C(=O)SC(=Cc2cc(OC)c(N3CCCC3)cc2OC)C1=O. The van der Waals surface area contributed by atoms with Crippen molar-refractivity contribution in [3.05, 3.63) is 22.6 Å². The predicted molar refractivity (Wildman–Crippen MR) is 110 cm³/mol. The van der Waals surface area contributed by atoms with Gasteiger partial charge in [-0.05, 0) is 43.7 Å². The van der Waals surface area contributed by atoms with Gasteiger partial charge in [-0.15, -0.1) is 0 Å². The summed E-state index contributed by atoms with van der Waals surface area (Å²) in [6.07, 6.45) is 3.84. The van der Waals surface area contributed by atoms with E-state index in [2.05, 4.69) is 4.90 Å². The van der Waals surface area contributed by atoms with Gasteiger partial charge in [-0.1, -0.05) is 0 Å². The number of rotatable bonds is 7. The number of hydrogen-bond donors (Lipinski definition) is 0. The Balaban J connectivity index is 1.90. The number of hydrogen-bond acceptors (Lipinski definition) is 8. The zero-order chi connectivity index (χ0) is 21.0. The summed E-state index contributed by atoms with van der Waals surface area (Å²) >= 11 is 0.783. The van der Waals surface area contributed by atoms with E-state index in [-0.39, 0.29) is 11.5 Å². The average molecular weight is 420 g/mol. The summed E-state index contributed by atoms with van der Waals surface area (Å²) in [6.45, 7) is 3.35. The fourth-order valence-electron chi connectivity index (χ4n) is 3.34. The van der Waals surface area contributed by atoms with Crippen LogP contribution in [0.3, 0.4) is 0 Å². The minimum atomic E-state index is -0.620. The van der Waals surface area contributed by atoms with Crippen LogP contribution >= 0.6 is 11.8 Å². The number of carbonyl (C=O) groups is 3. The molecule has 2 aliphatic heterocycles. The summed E-state index contributed by atoms with van der Waals surface area (Å²) in [4.78, 5) is 39.8. The van der Waals surface area contributed by atoms with Crippen molar-refractivity contribution in [1.29, 1.82) is 0 Å². The Bertz CT molecular complexity index is 848. The lowest BCUT2D eigenvalue weighted by Gasteiger charge is -2.22. The van der Waals surface area contributed by atoms with Gasteiger partial charge in [0, 0.05) is 24.7 Å². The van der Waals surface area contributed by atoms with Gasteiger partial charge in [0.25, 0.3) is 11.1 Å². The Morgan fingerprint density at radius 2 is 1.83 bits per heavy atom. The first-order valence-corrected chi connectivity index (χ1v) is 10.2. The van der Waals surface area contributed by atoms with Crippen molar-refractivity contribution in [2.45, 2.75) is 19.8 Å². The van der Waals surface area contributed by atoms with Crippen LogP contribution in [0.5, 0.6) is 11.5 Å². The third-order valence-electron chi connectivity index (χ3n) is 4.73. The van der Waals surface area contributed by atoms with Crippen LogP contribution in [0, 0.1) is 0 Å². The molecule has 0 bridgehead atoms. The van der Waals surface area contributed by atoms with Crippen LogP contribution < -0.4 is 14.4 Å². The largest absolute Gasteiger partial charge is 0.496 e. The second-order valence-corrected chi connectivity index (χ2v) is 7.53. The molecule has 0 atom stereocenters. The Kier molecular flexibility index (Phi) is 6.68. The summed E-state index contributed by atoms with van der Waals surface area (Å²) in [5.41, 5.74) is 1.56. The number of carbonyl (C=O) groups excluding carboxylic acids is 3. The third kappa shape index (κ3) is 4.50. The maximum Gasteiger partial charge on any atom is 0.326 e. The van der Waals surface area contributed by atoms with Gasteiger partial charge in [-0.25, -0.2) is 0 Å². The molecule has 0 spiro atoms. The quantitative estimate of drug-likeness (QED) is 0.492. The molecule has 0 aromatic heterocycles. The van der Waals surface area contributed by atoms with Gasteiger partial charge in [0.1, 0.15) is 18.0 Å². The van der Waals surface area contributed by atoms with Gasteiger partial charge in [-0.2, -0.15) is 0 Å². The van der Waals surface area contributed by atoms with E-state index < -0.39 is 23.7 Å². The van der Waals surface area contributed by atoms with Crippen LogP contribution in [-0.2, 0) is 14.3 Å². The fourth-order valence-corrected chi connectivity index (χ4v) is 4.17. The number of anilines is 1. The molecule has 2 amide bonds. The van der Waals surface area contributed by atoms with Gasteiger partial charge in [0.15, 0.2) is 0 Å². The lowest BCUT2D eigenvalue weighted by Crippen LogP contribution is -2.34. The summed E-state index contributed by atoms with van der Waals surface area (Å²) in [5.74, 6) is 0.0950. The smallest absolute Gasteiger partial charge is 0.326 e. The van der Waals surface area contributed by atoms with E-state index in [1.54, 1.807) is 33.3 Å². The van der Waals surface area contributed by atoms with Gasteiger partial charge in [-0.3, -0.25) is 19.3 Å². The minimum absolute atomic E-state index is 0.186. The predicted octanol–water partition coefficient (Wildman–Crippen LogP) is 2.90. The molecule has 0 saturated carbocycles. The molecule has 29 heavy (non-hydrogen) atoms. The summed E-state index contributed by atoms with van der Waals surface area (Å²) in [7, 11) is 3.15. The molecule has 3 rings (SSSR count). The van der Waals surface area contributed by atoms with Crippen LogP contribution in [0.4, 0.5) is 10.5 Å². The van der Waals surface area contributed by atoms with E-state index in [9.17, 15) is 14.4 Å². The number of methoxy groups -OCH3 is 2. The lowest BCUT2D eigenvalue weighted by molar-refractivity contribution is -0.145. The molecule has 1 aromatic rings. The molecular formula is C20H24N2O6S. The van der Waals surface area contributed by atoms with E-state index >= 15 is 0 Å². The van der Waals surface area contributed by atoms with Crippen molar-refractivity contribution < 1.29 is 28.6 Å². The molecule has 2 fully saturated rings. The number of nitrogens with zero attached hydrogens (tertiary/aromatic N) is 2. The van der Waals surface area contributed by atoms with E-state index in [4.69, 9.17) is 14.2 Å². The van der Waals surface area contributed by atoms with Crippen molar-refractivity contribution in [2.24, 2.45) is 0 Å². The highest BCUT2D eigenvalue weighted by molar-refractivity contribution is 8.18. The molecule has 0 radical (unpaired) electrons. The summed E-state index contributed by atoms with van der Waals surface area (Å²) in [5, 5.41) is -0.506. The van der Waals surface area contributed by atoms with Gasteiger partial charge in [0.2, 0.25) is 0 Å². The number of amides is 2. The lowest BCUT2D eigenvalue weighted by atomic mass is 10.1. The number of imide groups is 1. The second kappa shape index (κ2) is 9.21. The van der Waals surface area contributed by atoms with Gasteiger partial charge < -0.3 is 19.1 Å². The first-order valence-electron chi connectivity index (χ1n) is 9.40. The molecular weight excluding hydrogens is 396 g/mol. The zero-order valence-electron chi connectivity index (χ0n) is 16.7. The topological polar surface area (TPSA) is 85.4 Å². The molecule has 9 heteroatoms. The highest BCUT2D eigenvalue weighted by atomic mass is 32.2. The minimum Gasteiger partial charge on any atom is -0.496 e. The standard InChI is InChI=1S/C20H24N2O6S/c1-4-28-18(23)12-22-19(24)17(29-20(22)25)10-13-9-16(27-3)14(11-15(13)26-2)21-7-5-6-8-21/h9-11H,4-8,12H2,1-3H3. The summed E-state index contributed by atoms with van der Waals surface area (Å²) in [6, 6.07) is 3.69. The Morgan fingerprint density at radius 1 is 1.14 bits per heavy atom. The number of esters is 1. The van der Waals surface area contributed by atoms with Crippen LogP contribution in [0.25, 0.3) is 6.08 Å². The van der Waals surface area contributed by atoms with Crippen molar-refractivity contribution >= 4 is 40.6 Å². The van der Waals surface area contributed by atoms with E-state index in [1.165, 1.54) is 0 Å². The fraction of sp³-hybridized carbons (Fsp3) is 0.450. The van der Waals surface area contributed by atoms with Crippen molar-refractivity contribution in [2.75, 3.05) is 45.4 Å². The monoisotopic (exact) mass is 420 g/mol. The highest BCUT2D eigenvalue weighted by Crippen LogP contribution is 2.40. The molecule has 2 saturated heterocycles.